The number of nitrogens with one attached hydrogen (secondary N) is 2. The zero-order chi connectivity index (χ0) is 14.7. The molecule has 108 valence electrons. The first-order chi connectivity index (χ1) is 10.3. The predicted molar refractivity (Wildman–Crippen MR) is 84.5 cm³/mol. The minimum absolute atomic E-state index is 0.619. The van der Waals surface area contributed by atoms with Gasteiger partial charge in [-0.05, 0) is 18.2 Å². The molecule has 0 unspecified atom stereocenters. The van der Waals surface area contributed by atoms with Gasteiger partial charge in [0.1, 0.15) is 5.82 Å². The molecule has 0 aliphatic carbocycles. The van der Waals surface area contributed by atoms with E-state index in [2.05, 4.69) is 25.7 Å². The smallest absolute Gasteiger partial charge is 0.224 e. The molecule has 0 spiro atoms. The summed E-state index contributed by atoms with van der Waals surface area (Å²) in [6.07, 6.45) is 2.81. The van der Waals surface area contributed by atoms with Crippen LogP contribution in [-0.2, 0) is 13.5 Å². The molecule has 0 fully saturated rings. The van der Waals surface area contributed by atoms with Crippen molar-refractivity contribution >= 4 is 22.7 Å². The average molecular weight is 282 g/mol. The molecule has 21 heavy (non-hydrogen) atoms. The zero-order valence-electron chi connectivity index (χ0n) is 12.2. The molecule has 2 aromatic heterocycles. The molecule has 2 heterocycles. The van der Waals surface area contributed by atoms with Crippen LogP contribution >= 0.6 is 0 Å². The molecule has 1 aromatic carbocycles. The monoisotopic (exact) mass is 282 g/mol. The van der Waals surface area contributed by atoms with Gasteiger partial charge in [0.05, 0.1) is 11.2 Å². The van der Waals surface area contributed by atoms with E-state index in [9.17, 15) is 0 Å². The SMILES string of the molecule is CNc1nc(NCCc2ccn(C)n2)c2ccccc2n1. The third-order valence-electron chi connectivity index (χ3n) is 3.27. The molecule has 3 aromatic rings. The number of rotatable bonds is 5. The van der Waals surface area contributed by atoms with E-state index in [1.807, 2.05) is 55.3 Å². The van der Waals surface area contributed by atoms with Crippen LogP contribution in [0, 0.1) is 0 Å². The Balaban J connectivity index is 1.79. The Morgan fingerprint density at radius 1 is 1.14 bits per heavy atom. The highest BCUT2D eigenvalue weighted by molar-refractivity contribution is 5.89. The van der Waals surface area contributed by atoms with Crippen molar-refractivity contribution in [3.05, 3.63) is 42.2 Å². The highest BCUT2D eigenvalue weighted by Gasteiger charge is 2.06. The Morgan fingerprint density at radius 2 is 2.00 bits per heavy atom. The molecule has 0 aliphatic heterocycles. The van der Waals surface area contributed by atoms with Gasteiger partial charge in [-0.2, -0.15) is 10.1 Å². The Bertz CT molecular complexity index is 749. The Morgan fingerprint density at radius 3 is 2.76 bits per heavy atom. The predicted octanol–water partition coefficient (Wildman–Crippen LogP) is 2.06. The molecule has 0 atom stereocenters. The van der Waals surface area contributed by atoms with Gasteiger partial charge in [0.25, 0.3) is 0 Å². The molecule has 3 rings (SSSR count). The number of aryl methyl sites for hydroxylation is 1. The Kier molecular flexibility index (Phi) is 3.68. The maximum absolute atomic E-state index is 4.50. The third kappa shape index (κ3) is 2.94. The van der Waals surface area contributed by atoms with Gasteiger partial charge in [-0.1, -0.05) is 12.1 Å². The Hall–Kier alpha value is -2.63. The van der Waals surface area contributed by atoms with E-state index in [1.54, 1.807) is 0 Å². The lowest BCUT2D eigenvalue weighted by atomic mass is 10.2. The van der Waals surface area contributed by atoms with Crippen LogP contribution in [0.1, 0.15) is 5.69 Å². The summed E-state index contributed by atoms with van der Waals surface area (Å²) in [6.45, 7) is 0.779. The van der Waals surface area contributed by atoms with Crippen molar-refractivity contribution in [3.8, 4) is 0 Å². The number of benzene rings is 1. The lowest BCUT2D eigenvalue weighted by Crippen LogP contribution is -2.09. The van der Waals surface area contributed by atoms with Crippen molar-refractivity contribution in [2.45, 2.75) is 6.42 Å². The van der Waals surface area contributed by atoms with Crippen molar-refractivity contribution in [2.24, 2.45) is 7.05 Å². The molecule has 0 amide bonds. The quantitative estimate of drug-likeness (QED) is 0.749. The fourth-order valence-electron chi connectivity index (χ4n) is 2.23. The van der Waals surface area contributed by atoms with Crippen LogP contribution in [0.2, 0.25) is 0 Å². The molecule has 6 nitrogen and oxygen atoms in total. The van der Waals surface area contributed by atoms with Gasteiger partial charge in [-0.3, -0.25) is 4.68 Å². The molecule has 2 N–H and O–H groups in total. The summed E-state index contributed by atoms with van der Waals surface area (Å²) in [5, 5.41) is 11.8. The highest BCUT2D eigenvalue weighted by atomic mass is 15.2. The number of hydrogen-bond acceptors (Lipinski definition) is 5. The van der Waals surface area contributed by atoms with Crippen LogP contribution in [0.4, 0.5) is 11.8 Å². The van der Waals surface area contributed by atoms with E-state index >= 15 is 0 Å². The topological polar surface area (TPSA) is 67.7 Å². The summed E-state index contributed by atoms with van der Waals surface area (Å²) in [5.41, 5.74) is 1.99. The standard InChI is InChI=1S/C15H18N6/c1-16-15-18-13-6-4-3-5-12(13)14(19-15)17-9-7-11-8-10-21(2)20-11/h3-6,8,10H,7,9H2,1-2H3,(H2,16,17,18,19). The van der Waals surface area contributed by atoms with Crippen LogP contribution in [0.25, 0.3) is 10.9 Å². The average Bonchev–Trinajstić information content (AvgIpc) is 2.92. The van der Waals surface area contributed by atoms with E-state index in [0.29, 0.717) is 5.95 Å². The lowest BCUT2D eigenvalue weighted by molar-refractivity contribution is 0.742. The Labute approximate surface area is 123 Å². The van der Waals surface area contributed by atoms with E-state index in [-0.39, 0.29) is 0 Å². The second kappa shape index (κ2) is 5.78. The van der Waals surface area contributed by atoms with Crippen molar-refractivity contribution in [1.82, 2.24) is 19.7 Å². The van der Waals surface area contributed by atoms with Gasteiger partial charge < -0.3 is 10.6 Å². The number of hydrogen-bond donors (Lipinski definition) is 2. The summed E-state index contributed by atoms with van der Waals surface area (Å²) in [6, 6.07) is 10.0. The summed E-state index contributed by atoms with van der Waals surface area (Å²) in [7, 11) is 3.75. The molecule has 0 radical (unpaired) electrons. The number of aromatic nitrogens is 4. The normalized spacial score (nSPS) is 10.8. The van der Waals surface area contributed by atoms with Crippen molar-refractivity contribution in [2.75, 3.05) is 24.2 Å². The van der Waals surface area contributed by atoms with E-state index < -0.39 is 0 Å². The molecule has 0 saturated carbocycles. The minimum Gasteiger partial charge on any atom is -0.369 e. The second-order valence-electron chi connectivity index (χ2n) is 4.82. The summed E-state index contributed by atoms with van der Waals surface area (Å²) >= 11 is 0. The highest BCUT2D eigenvalue weighted by Crippen LogP contribution is 2.21. The van der Waals surface area contributed by atoms with Gasteiger partial charge >= 0.3 is 0 Å². The van der Waals surface area contributed by atoms with Crippen LogP contribution < -0.4 is 10.6 Å². The summed E-state index contributed by atoms with van der Waals surface area (Å²) in [5.74, 6) is 1.47. The minimum atomic E-state index is 0.619. The van der Waals surface area contributed by atoms with Crippen molar-refractivity contribution in [3.63, 3.8) is 0 Å². The van der Waals surface area contributed by atoms with Gasteiger partial charge in [0, 0.05) is 38.6 Å². The first-order valence-electron chi connectivity index (χ1n) is 6.93. The maximum Gasteiger partial charge on any atom is 0.224 e. The van der Waals surface area contributed by atoms with Crippen LogP contribution in [-0.4, -0.2) is 33.3 Å². The second-order valence-corrected chi connectivity index (χ2v) is 4.82. The number of para-hydroxylation sites is 1. The van der Waals surface area contributed by atoms with E-state index in [1.165, 1.54) is 0 Å². The summed E-state index contributed by atoms with van der Waals surface area (Å²) < 4.78 is 1.81. The van der Waals surface area contributed by atoms with Gasteiger partial charge in [0.2, 0.25) is 5.95 Å². The molecular weight excluding hydrogens is 264 g/mol. The molecular formula is C15H18N6. The van der Waals surface area contributed by atoms with Crippen LogP contribution in [0.3, 0.4) is 0 Å². The van der Waals surface area contributed by atoms with Gasteiger partial charge in [-0.25, -0.2) is 4.98 Å². The lowest BCUT2D eigenvalue weighted by Gasteiger charge is -2.10. The zero-order valence-corrected chi connectivity index (χ0v) is 12.2. The number of anilines is 2. The van der Waals surface area contributed by atoms with E-state index in [4.69, 9.17) is 0 Å². The van der Waals surface area contributed by atoms with Crippen molar-refractivity contribution < 1.29 is 0 Å². The molecule has 0 aliphatic rings. The molecule has 6 heteroatoms. The van der Waals surface area contributed by atoms with Crippen molar-refractivity contribution in [1.29, 1.82) is 0 Å². The fraction of sp³-hybridized carbons (Fsp3) is 0.267. The number of fused-ring (bicyclic) bond motifs is 1. The van der Waals surface area contributed by atoms with Crippen LogP contribution in [0.15, 0.2) is 36.5 Å². The van der Waals surface area contributed by atoms with Gasteiger partial charge in [-0.15, -0.1) is 0 Å². The molecule has 0 saturated heterocycles. The maximum atomic E-state index is 4.50. The van der Waals surface area contributed by atoms with E-state index in [0.717, 1.165) is 35.4 Å². The number of nitrogens with zero attached hydrogens (tertiary/aromatic N) is 4. The first-order valence-corrected chi connectivity index (χ1v) is 6.93. The van der Waals surface area contributed by atoms with Gasteiger partial charge in [0.15, 0.2) is 0 Å². The first kappa shape index (κ1) is 13.4. The third-order valence-corrected chi connectivity index (χ3v) is 3.27. The fourth-order valence-corrected chi connectivity index (χ4v) is 2.23. The largest absolute Gasteiger partial charge is 0.369 e. The van der Waals surface area contributed by atoms with Crippen LogP contribution in [0.5, 0.6) is 0 Å². The summed E-state index contributed by atoms with van der Waals surface area (Å²) in [4.78, 5) is 8.94. The molecule has 0 bridgehead atoms.